The third kappa shape index (κ3) is 3.19. The molecule has 1 atom stereocenters. The average molecular weight is 243 g/mol. The number of esters is 1. The Labute approximate surface area is 86.0 Å². The molecule has 13 heavy (non-hydrogen) atoms. The van der Waals surface area contributed by atoms with Crippen LogP contribution in [0, 0.1) is 6.92 Å². The first-order valence-electron chi connectivity index (χ1n) is 4.02. The van der Waals surface area contributed by atoms with E-state index in [9.17, 15) is 4.79 Å². The molecule has 0 N–H and O–H groups in total. The molecule has 1 aromatic carbocycles. The van der Waals surface area contributed by atoms with Crippen molar-refractivity contribution in [2.24, 2.45) is 0 Å². The lowest BCUT2D eigenvalue weighted by Crippen LogP contribution is -2.16. The first-order valence-corrected chi connectivity index (χ1v) is 4.93. The van der Waals surface area contributed by atoms with Crippen LogP contribution in [0.4, 0.5) is 0 Å². The number of ether oxygens (including phenoxy) is 1. The molecule has 0 aliphatic carbocycles. The number of carbonyl (C=O) groups excluding carboxylic acids is 1. The number of aryl methyl sites for hydroxylation is 1. The lowest BCUT2D eigenvalue weighted by Gasteiger charge is -2.05. The molecule has 0 saturated carbocycles. The van der Waals surface area contributed by atoms with Gasteiger partial charge in [-0.15, -0.1) is 0 Å². The normalized spacial score (nSPS) is 12.2. The Kier molecular flexibility index (Phi) is 3.48. The van der Waals surface area contributed by atoms with Crippen molar-refractivity contribution in [3.63, 3.8) is 0 Å². The van der Waals surface area contributed by atoms with Crippen molar-refractivity contribution >= 4 is 21.9 Å². The van der Waals surface area contributed by atoms with Crippen LogP contribution >= 0.6 is 15.9 Å². The van der Waals surface area contributed by atoms with Gasteiger partial charge in [0.05, 0.1) is 0 Å². The molecule has 70 valence electrons. The monoisotopic (exact) mass is 242 g/mol. The van der Waals surface area contributed by atoms with Crippen molar-refractivity contribution in [3.05, 3.63) is 29.8 Å². The van der Waals surface area contributed by atoms with Gasteiger partial charge in [0.1, 0.15) is 10.6 Å². The van der Waals surface area contributed by atoms with Crippen LogP contribution in [0.1, 0.15) is 12.5 Å². The van der Waals surface area contributed by atoms with Gasteiger partial charge in [0.15, 0.2) is 0 Å². The maximum atomic E-state index is 11.1. The lowest BCUT2D eigenvalue weighted by molar-refractivity contribution is -0.133. The van der Waals surface area contributed by atoms with E-state index in [2.05, 4.69) is 15.9 Å². The summed E-state index contributed by atoms with van der Waals surface area (Å²) in [5.41, 5.74) is 1.15. The van der Waals surface area contributed by atoms with Gasteiger partial charge in [-0.2, -0.15) is 0 Å². The number of benzene rings is 1. The Hall–Kier alpha value is -0.830. The largest absolute Gasteiger partial charge is 0.426 e. The fraction of sp³-hybridized carbons (Fsp3) is 0.300. The minimum Gasteiger partial charge on any atom is -0.426 e. The molecule has 0 radical (unpaired) electrons. The molecule has 0 aromatic heterocycles. The van der Waals surface area contributed by atoms with Gasteiger partial charge in [0.25, 0.3) is 0 Å². The molecular formula is C10H11BrO2. The Bertz CT molecular complexity index is 290. The predicted octanol–water partition coefficient (Wildman–Crippen LogP) is 2.68. The van der Waals surface area contributed by atoms with Crippen LogP contribution in [-0.4, -0.2) is 10.8 Å². The zero-order valence-electron chi connectivity index (χ0n) is 7.58. The highest BCUT2D eigenvalue weighted by Gasteiger charge is 2.10. The summed E-state index contributed by atoms with van der Waals surface area (Å²) in [6.45, 7) is 3.72. The van der Waals surface area contributed by atoms with Crippen molar-refractivity contribution in [2.45, 2.75) is 18.7 Å². The summed E-state index contributed by atoms with van der Waals surface area (Å²) in [5, 5.41) is 0. The molecule has 0 amide bonds. The van der Waals surface area contributed by atoms with Crippen molar-refractivity contribution in [2.75, 3.05) is 0 Å². The molecule has 0 aliphatic heterocycles. The molecule has 0 heterocycles. The quantitative estimate of drug-likeness (QED) is 0.453. The van der Waals surface area contributed by atoms with Gasteiger partial charge in [-0.05, 0) is 26.0 Å². The van der Waals surface area contributed by atoms with Gasteiger partial charge in [-0.25, -0.2) is 0 Å². The molecule has 0 spiro atoms. The number of hydrogen-bond acceptors (Lipinski definition) is 2. The van der Waals surface area contributed by atoms with Crippen molar-refractivity contribution in [1.82, 2.24) is 0 Å². The Balaban J connectivity index is 2.65. The molecule has 1 rings (SSSR count). The first kappa shape index (κ1) is 10.3. The number of hydrogen-bond donors (Lipinski definition) is 0. The maximum Gasteiger partial charge on any atom is 0.324 e. The summed E-state index contributed by atoms with van der Waals surface area (Å²) in [6.07, 6.45) is 0. The van der Waals surface area contributed by atoms with Gasteiger partial charge < -0.3 is 4.74 Å². The van der Waals surface area contributed by atoms with Crippen LogP contribution in [0.2, 0.25) is 0 Å². The summed E-state index contributed by atoms with van der Waals surface area (Å²) < 4.78 is 5.04. The minimum absolute atomic E-state index is 0.270. The number of alkyl halides is 1. The average Bonchev–Trinajstić information content (AvgIpc) is 2.08. The zero-order valence-corrected chi connectivity index (χ0v) is 9.17. The van der Waals surface area contributed by atoms with Gasteiger partial charge in [0, 0.05) is 0 Å². The Morgan fingerprint density at radius 1 is 1.38 bits per heavy atom. The highest BCUT2D eigenvalue weighted by Crippen LogP contribution is 2.13. The van der Waals surface area contributed by atoms with Gasteiger partial charge in [-0.3, -0.25) is 4.79 Å². The SMILES string of the molecule is Cc1ccc(OC(=O)C(C)Br)cc1. The van der Waals surface area contributed by atoms with E-state index in [-0.39, 0.29) is 10.8 Å². The van der Waals surface area contributed by atoms with Gasteiger partial charge in [-0.1, -0.05) is 33.6 Å². The highest BCUT2D eigenvalue weighted by atomic mass is 79.9. The molecule has 0 aliphatic rings. The molecule has 0 saturated heterocycles. The van der Waals surface area contributed by atoms with Crippen LogP contribution in [-0.2, 0) is 4.79 Å². The van der Waals surface area contributed by atoms with Gasteiger partial charge >= 0.3 is 5.97 Å². The summed E-state index contributed by atoms with van der Waals surface area (Å²) in [6, 6.07) is 7.37. The number of halogens is 1. The van der Waals surface area contributed by atoms with Gasteiger partial charge in [0.2, 0.25) is 0 Å². The van der Waals surface area contributed by atoms with E-state index in [0.717, 1.165) is 5.56 Å². The second-order valence-corrected chi connectivity index (χ2v) is 4.22. The van der Waals surface area contributed by atoms with E-state index in [1.165, 1.54) is 0 Å². The Morgan fingerprint density at radius 3 is 2.38 bits per heavy atom. The zero-order chi connectivity index (χ0) is 9.84. The summed E-state index contributed by atoms with van der Waals surface area (Å²) in [7, 11) is 0. The highest BCUT2D eigenvalue weighted by molar-refractivity contribution is 9.10. The van der Waals surface area contributed by atoms with E-state index in [1.807, 2.05) is 19.1 Å². The second-order valence-electron chi connectivity index (χ2n) is 2.85. The maximum absolute atomic E-state index is 11.1. The minimum atomic E-state index is -0.274. The summed E-state index contributed by atoms with van der Waals surface area (Å²) in [4.78, 5) is 10.9. The van der Waals surface area contributed by atoms with Crippen LogP contribution in [0.3, 0.4) is 0 Å². The van der Waals surface area contributed by atoms with E-state index in [4.69, 9.17) is 4.74 Å². The third-order valence-electron chi connectivity index (χ3n) is 1.56. The van der Waals surface area contributed by atoms with Crippen LogP contribution in [0.5, 0.6) is 5.75 Å². The van der Waals surface area contributed by atoms with Crippen molar-refractivity contribution in [1.29, 1.82) is 0 Å². The van der Waals surface area contributed by atoms with E-state index in [1.54, 1.807) is 19.1 Å². The molecule has 0 bridgehead atoms. The topological polar surface area (TPSA) is 26.3 Å². The molecule has 1 aromatic rings. The van der Waals surface area contributed by atoms with Crippen LogP contribution < -0.4 is 4.74 Å². The summed E-state index contributed by atoms with van der Waals surface area (Å²) >= 11 is 3.14. The summed E-state index contributed by atoms with van der Waals surface area (Å²) in [5.74, 6) is 0.311. The fourth-order valence-corrected chi connectivity index (χ4v) is 0.897. The predicted molar refractivity (Wildman–Crippen MR) is 55.2 cm³/mol. The lowest BCUT2D eigenvalue weighted by atomic mass is 10.2. The fourth-order valence-electron chi connectivity index (χ4n) is 0.804. The molecule has 1 unspecified atom stereocenters. The standard InChI is InChI=1S/C10H11BrO2/c1-7-3-5-9(6-4-7)13-10(12)8(2)11/h3-6,8H,1-2H3. The van der Waals surface area contributed by atoms with Crippen molar-refractivity contribution in [3.8, 4) is 5.75 Å². The van der Waals surface area contributed by atoms with E-state index >= 15 is 0 Å². The van der Waals surface area contributed by atoms with Crippen molar-refractivity contribution < 1.29 is 9.53 Å². The molecule has 3 heteroatoms. The second kappa shape index (κ2) is 4.42. The Morgan fingerprint density at radius 2 is 1.92 bits per heavy atom. The van der Waals surface area contributed by atoms with Crippen LogP contribution in [0.15, 0.2) is 24.3 Å². The number of rotatable bonds is 2. The first-order chi connectivity index (χ1) is 6.09. The van der Waals surface area contributed by atoms with E-state index in [0.29, 0.717) is 5.75 Å². The molecule has 2 nitrogen and oxygen atoms in total. The number of carbonyl (C=O) groups is 1. The molecular weight excluding hydrogens is 232 g/mol. The van der Waals surface area contributed by atoms with E-state index < -0.39 is 0 Å². The molecule has 0 fully saturated rings. The van der Waals surface area contributed by atoms with Crippen LogP contribution in [0.25, 0.3) is 0 Å². The smallest absolute Gasteiger partial charge is 0.324 e. The third-order valence-corrected chi connectivity index (χ3v) is 1.94.